The number of nitrogens with zero attached hydrogens (tertiary/aromatic N) is 2. The van der Waals surface area contributed by atoms with E-state index in [-0.39, 0.29) is 11.7 Å². The van der Waals surface area contributed by atoms with Crippen LogP contribution in [0.5, 0.6) is 11.5 Å². The number of ether oxygens (including phenoxy) is 2. The highest BCUT2D eigenvalue weighted by Crippen LogP contribution is 2.37. The van der Waals surface area contributed by atoms with Crippen LogP contribution >= 0.6 is 27.7 Å². The van der Waals surface area contributed by atoms with Crippen molar-refractivity contribution in [1.29, 1.82) is 0 Å². The first-order valence-electron chi connectivity index (χ1n) is 8.34. The Bertz CT molecular complexity index is 948. The fourth-order valence-electron chi connectivity index (χ4n) is 2.28. The zero-order valence-electron chi connectivity index (χ0n) is 14.8. The van der Waals surface area contributed by atoms with Crippen LogP contribution in [0.15, 0.2) is 57.1 Å². The van der Waals surface area contributed by atoms with Crippen LogP contribution in [0, 0.1) is 0 Å². The van der Waals surface area contributed by atoms with Crippen molar-refractivity contribution >= 4 is 51.0 Å². The fourth-order valence-corrected chi connectivity index (χ4v) is 3.45. The molecule has 1 saturated heterocycles. The molecule has 1 N–H and O–H groups in total. The van der Waals surface area contributed by atoms with Gasteiger partial charge in [-0.15, -0.1) is 5.10 Å². The molecule has 3 rings (SSSR count). The second-order valence-electron chi connectivity index (χ2n) is 5.51. The lowest BCUT2D eigenvalue weighted by atomic mass is 10.2. The Morgan fingerprint density at radius 2 is 2.11 bits per heavy atom. The molecule has 0 radical (unpaired) electrons. The van der Waals surface area contributed by atoms with Crippen LogP contribution in [0.3, 0.4) is 0 Å². The van der Waals surface area contributed by atoms with Crippen molar-refractivity contribution in [2.75, 3.05) is 12.4 Å². The Balaban J connectivity index is 1.81. The van der Waals surface area contributed by atoms with Crippen LogP contribution in [0.2, 0.25) is 0 Å². The van der Waals surface area contributed by atoms with E-state index >= 15 is 0 Å². The van der Waals surface area contributed by atoms with Gasteiger partial charge in [0.25, 0.3) is 0 Å². The number of esters is 1. The van der Waals surface area contributed by atoms with Gasteiger partial charge in [-0.05, 0) is 52.7 Å². The molecule has 0 spiro atoms. The van der Waals surface area contributed by atoms with E-state index in [0.29, 0.717) is 38.9 Å². The predicted octanol–water partition coefficient (Wildman–Crippen LogP) is 3.62. The summed E-state index contributed by atoms with van der Waals surface area (Å²) < 4.78 is 11.7. The molecule has 9 heteroatoms. The summed E-state index contributed by atoms with van der Waals surface area (Å²) in [6, 6.07) is 12.1. The van der Waals surface area contributed by atoms with E-state index in [4.69, 9.17) is 9.47 Å². The molecule has 0 bridgehead atoms. The molecule has 0 aliphatic carbocycles. The van der Waals surface area contributed by atoms with Crippen molar-refractivity contribution in [3.05, 3.63) is 58.1 Å². The molecule has 1 aliphatic rings. The Labute approximate surface area is 174 Å². The first-order chi connectivity index (χ1) is 13.6. The number of thioether (sulfide) groups is 1. The number of halogens is 1. The standard InChI is InChI=1S/C19H16BrN3O4S/c1-2-26-15-9-12(10-21-23-19-22-16(24)11-28-19)8-14(20)17(15)27-18(25)13-6-4-3-5-7-13/h3-10H,2,11H2,1H3,(H,22,23,24). The molecule has 0 saturated carbocycles. The molecular formula is C19H16BrN3O4S. The second-order valence-corrected chi connectivity index (χ2v) is 7.32. The molecule has 0 atom stereocenters. The van der Waals surface area contributed by atoms with Crippen molar-refractivity contribution < 1.29 is 19.1 Å². The van der Waals surface area contributed by atoms with Crippen LogP contribution in [0.1, 0.15) is 22.8 Å². The maximum Gasteiger partial charge on any atom is 0.343 e. The number of hydrogen-bond donors (Lipinski definition) is 1. The lowest BCUT2D eigenvalue weighted by Gasteiger charge is -2.13. The number of carbonyl (C=O) groups excluding carboxylic acids is 2. The third-order valence-corrected chi connectivity index (χ3v) is 4.93. The van der Waals surface area contributed by atoms with E-state index in [1.807, 2.05) is 13.0 Å². The van der Waals surface area contributed by atoms with Gasteiger partial charge in [-0.2, -0.15) is 5.10 Å². The highest BCUT2D eigenvalue weighted by atomic mass is 79.9. The van der Waals surface area contributed by atoms with E-state index < -0.39 is 5.97 Å². The van der Waals surface area contributed by atoms with Crippen LogP contribution in [-0.4, -0.2) is 35.6 Å². The monoisotopic (exact) mass is 461 g/mol. The van der Waals surface area contributed by atoms with Crippen molar-refractivity contribution in [3.63, 3.8) is 0 Å². The van der Waals surface area contributed by atoms with Gasteiger partial charge < -0.3 is 14.8 Å². The van der Waals surface area contributed by atoms with E-state index in [1.54, 1.807) is 36.4 Å². The number of hydrogen-bond acceptors (Lipinski definition) is 7. The van der Waals surface area contributed by atoms with Gasteiger partial charge in [-0.1, -0.05) is 30.0 Å². The minimum atomic E-state index is -0.482. The van der Waals surface area contributed by atoms with Crippen LogP contribution < -0.4 is 14.8 Å². The quantitative estimate of drug-likeness (QED) is 0.307. The Kier molecular flexibility index (Phi) is 6.83. The molecule has 7 nitrogen and oxygen atoms in total. The third-order valence-electron chi connectivity index (χ3n) is 3.48. The second kappa shape index (κ2) is 9.52. The minimum absolute atomic E-state index is 0.0927. The van der Waals surface area contributed by atoms with Gasteiger partial charge in [0.15, 0.2) is 16.7 Å². The minimum Gasteiger partial charge on any atom is -0.490 e. The summed E-state index contributed by atoms with van der Waals surface area (Å²) in [5.74, 6) is 0.459. The Morgan fingerprint density at radius 3 is 2.79 bits per heavy atom. The van der Waals surface area contributed by atoms with E-state index in [2.05, 4.69) is 31.4 Å². The summed E-state index contributed by atoms with van der Waals surface area (Å²) in [5.41, 5.74) is 1.13. The maximum absolute atomic E-state index is 12.4. The van der Waals surface area contributed by atoms with Crippen LogP contribution in [-0.2, 0) is 4.79 Å². The normalized spacial score (nSPS) is 15.1. The summed E-state index contributed by atoms with van der Waals surface area (Å²) in [7, 11) is 0. The van der Waals surface area contributed by atoms with Crippen molar-refractivity contribution in [3.8, 4) is 11.5 Å². The largest absolute Gasteiger partial charge is 0.490 e. The molecule has 0 aromatic heterocycles. The van der Waals surface area contributed by atoms with Crippen LogP contribution in [0.4, 0.5) is 0 Å². The predicted molar refractivity (Wildman–Crippen MR) is 112 cm³/mol. The molecule has 1 fully saturated rings. The number of benzene rings is 2. The smallest absolute Gasteiger partial charge is 0.343 e. The summed E-state index contributed by atoms with van der Waals surface area (Å²) in [5, 5.41) is 11.0. The first kappa shape index (κ1) is 20.1. The summed E-state index contributed by atoms with van der Waals surface area (Å²) in [4.78, 5) is 23.5. The van der Waals surface area contributed by atoms with Crippen LogP contribution in [0.25, 0.3) is 0 Å². The maximum atomic E-state index is 12.4. The van der Waals surface area contributed by atoms with Gasteiger partial charge in [0.2, 0.25) is 5.91 Å². The van der Waals surface area contributed by atoms with Gasteiger partial charge in [-0.25, -0.2) is 4.79 Å². The number of amides is 1. The summed E-state index contributed by atoms with van der Waals surface area (Å²) >= 11 is 4.71. The number of nitrogens with one attached hydrogen (secondary N) is 1. The van der Waals surface area contributed by atoms with Gasteiger partial charge >= 0.3 is 5.97 Å². The highest BCUT2D eigenvalue weighted by molar-refractivity contribution is 9.10. The average molecular weight is 462 g/mol. The first-order valence-corrected chi connectivity index (χ1v) is 10.1. The topological polar surface area (TPSA) is 89.3 Å². The number of amidine groups is 1. The number of rotatable bonds is 6. The summed E-state index contributed by atoms with van der Waals surface area (Å²) in [6.07, 6.45) is 1.52. The average Bonchev–Trinajstić information content (AvgIpc) is 3.10. The Morgan fingerprint density at radius 1 is 1.32 bits per heavy atom. The molecule has 2 aromatic carbocycles. The molecule has 1 heterocycles. The third kappa shape index (κ3) is 5.20. The molecule has 144 valence electrons. The lowest BCUT2D eigenvalue weighted by molar-refractivity contribution is -0.116. The van der Waals surface area contributed by atoms with Crippen molar-refractivity contribution in [2.24, 2.45) is 10.2 Å². The lowest BCUT2D eigenvalue weighted by Crippen LogP contribution is -2.19. The van der Waals surface area contributed by atoms with Gasteiger partial charge in [0.1, 0.15) is 0 Å². The van der Waals surface area contributed by atoms with Crippen molar-refractivity contribution in [1.82, 2.24) is 5.32 Å². The Hall–Kier alpha value is -2.65. The van der Waals surface area contributed by atoms with E-state index in [9.17, 15) is 9.59 Å². The molecule has 1 amide bonds. The zero-order chi connectivity index (χ0) is 19.9. The molecular weight excluding hydrogens is 446 g/mol. The molecule has 0 unspecified atom stereocenters. The molecule has 1 aliphatic heterocycles. The van der Waals surface area contributed by atoms with Gasteiger partial charge in [-0.3, -0.25) is 4.79 Å². The highest BCUT2D eigenvalue weighted by Gasteiger charge is 2.18. The fraction of sp³-hybridized carbons (Fsp3) is 0.158. The van der Waals surface area contributed by atoms with Crippen molar-refractivity contribution in [2.45, 2.75) is 6.92 Å². The number of carbonyl (C=O) groups is 2. The van der Waals surface area contributed by atoms with Gasteiger partial charge in [0, 0.05) is 0 Å². The van der Waals surface area contributed by atoms with E-state index in [1.165, 1.54) is 18.0 Å². The SMILES string of the molecule is CCOc1cc(C=NN=C2NC(=O)CS2)cc(Br)c1OC(=O)c1ccccc1. The van der Waals surface area contributed by atoms with E-state index in [0.717, 1.165) is 0 Å². The summed E-state index contributed by atoms with van der Waals surface area (Å²) in [6.45, 7) is 2.23. The zero-order valence-corrected chi connectivity index (χ0v) is 17.2. The van der Waals surface area contributed by atoms with Gasteiger partial charge in [0.05, 0.1) is 28.6 Å². The molecule has 28 heavy (non-hydrogen) atoms. The molecule has 2 aromatic rings.